The standard InChI is InChI=1S/C15H23N3O2S/c1-8-10(5-6-20-8)7-18-15-11(9-3-4-9)12(16)13(21-15)14(19)17-2/h8-10,18H,3-7,16H2,1-2H3,(H,17,19). The van der Waals surface area contributed by atoms with Gasteiger partial charge in [-0.05, 0) is 32.1 Å². The minimum absolute atomic E-state index is 0.0926. The Hall–Kier alpha value is -1.27. The fraction of sp³-hybridized carbons (Fsp3) is 0.667. The highest BCUT2D eigenvalue weighted by Gasteiger charge is 2.33. The van der Waals surface area contributed by atoms with Crippen molar-refractivity contribution in [3.63, 3.8) is 0 Å². The van der Waals surface area contributed by atoms with Crippen LogP contribution in [0.25, 0.3) is 0 Å². The third kappa shape index (κ3) is 2.87. The van der Waals surface area contributed by atoms with Gasteiger partial charge in [0.15, 0.2) is 0 Å². The lowest BCUT2D eigenvalue weighted by molar-refractivity contribution is 0.0967. The second-order valence-corrected chi connectivity index (χ2v) is 6.97. The number of amides is 1. The molecule has 2 heterocycles. The van der Waals surface area contributed by atoms with E-state index < -0.39 is 0 Å². The van der Waals surface area contributed by atoms with Gasteiger partial charge in [-0.2, -0.15) is 0 Å². The number of nitrogen functional groups attached to an aromatic ring is 1. The largest absolute Gasteiger partial charge is 0.397 e. The zero-order valence-corrected chi connectivity index (χ0v) is 13.4. The van der Waals surface area contributed by atoms with E-state index in [-0.39, 0.29) is 5.91 Å². The van der Waals surface area contributed by atoms with Crippen molar-refractivity contribution < 1.29 is 9.53 Å². The van der Waals surface area contributed by atoms with Gasteiger partial charge in [-0.3, -0.25) is 4.79 Å². The molecule has 116 valence electrons. The summed E-state index contributed by atoms with van der Waals surface area (Å²) in [6.07, 6.45) is 3.74. The zero-order chi connectivity index (χ0) is 15.0. The lowest BCUT2D eigenvalue weighted by atomic mass is 10.0. The molecular formula is C15H23N3O2S. The Bertz CT molecular complexity index is 539. The maximum absolute atomic E-state index is 11.9. The monoisotopic (exact) mass is 309 g/mol. The van der Waals surface area contributed by atoms with E-state index in [9.17, 15) is 4.79 Å². The van der Waals surface area contributed by atoms with E-state index in [1.807, 2.05) is 0 Å². The fourth-order valence-corrected chi connectivity index (χ4v) is 4.08. The van der Waals surface area contributed by atoms with Gasteiger partial charge in [-0.15, -0.1) is 11.3 Å². The van der Waals surface area contributed by atoms with Crippen LogP contribution in [0, 0.1) is 5.92 Å². The predicted octanol–water partition coefficient (Wildman–Crippen LogP) is 2.40. The first-order chi connectivity index (χ1) is 10.1. The van der Waals surface area contributed by atoms with Crippen LogP contribution >= 0.6 is 11.3 Å². The van der Waals surface area contributed by atoms with Gasteiger partial charge in [0.2, 0.25) is 0 Å². The molecule has 4 N–H and O–H groups in total. The SMILES string of the molecule is CNC(=O)c1sc(NCC2CCOC2C)c(C2CC2)c1N. The summed E-state index contributed by atoms with van der Waals surface area (Å²) in [4.78, 5) is 12.6. The van der Waals surface area contributed by atoms with Crippen LogP contribution in [0.3, 0.4) is 0 Å². The summed E-state index contributed by atoms with van der Waals surface area (Å²) in [5, 5.41) is 7.27. The van der Waals surface area contributed by atoms with Crippen molar-refractivity contribution in [3.8, 4) is 0 Å². The van der Waals surface area contributed by atoms with Crippen LogP contribution in [-0.2, 0) is 4.74 Å². The third-order valence-electron chi connectivity index (χ3n) is 4.46. The number of hydrogen-bond acceptors (Lipinski definition) is 5. The molecule has 1 aromatic heterocycles. The molecule has 0 spiro atoms. The number of nitrogens with one attached hydrogen (secondary N) is 2. The predicted molar refractivity (Wildman–Crippen MR) is 86.1 cm³/mol. The topological polar surface area (TPSA) is 76.4 Å². The molecule has 1 aliphatic heterocycles. The second-order valence-electron chi connectivity index (χ2n) is 5.95. The van der Waals surface area contributed by atoms with Crippen LogP contribution in [0.1, 0.15) is 47.3 Å². The van der Waals surface area contributed by atoms with Gasteiger partial charge in [-0.25, -0.2) is 0 Å². The van der Waals surface area contributed by atoms with E-state index in [1.165, 1.54) is 24.2 Å². The average molecular weight is 309 g/mol. The van der Waals surface area contributed by atoms with Crippen LogP contribution in [-0.4, -0.2) is 32.2 Å². The van der Waals surface area contributed by atoms with Crippen LogP contribution < -0.4 is 16.4 Å². The van der Waals surface area contributed by atoms with Crippen molar-refractivity contribution in [1.29, 1.82) is 0 Å². The van der Waals surface area contributed by atoms with Crippen molar-refractivity contribution in [2.24, 2.45) is 5.92 Å². The number of carbonyl (C=O) groups excluding carboxylic acids is 1. The van der Waals surface area contributed by atoms with Crippen molar-refractivity contribution in [2.75, 3.05) is 31.2 Å². The number of thiophene rings is 1. The molecule has 0 bridgehead atoms. The summed E-state index contributed by atoms with van der Waals surface area (Å²) in [7, 11) is 1.64. The van der Waals surface area contributed by atoms with Crippen molar-refractivity contribution >= 4 is 27.9 Å². The van der Waals surface area contributed by atoms with Gasteiger partial charge in [0.05, 0.1) is 16.8 Å². The van der Waals surface area contributed by atoms with Crippen molar-refractivity contribution in [3.05, 3.63) is 10.4 Å². The number of nitrogens with two attached hydrogens (primary N) is 1. The molecule has 2 fully saturated rings. The highest BCUT2D eigenvalue weighted by molar-refractivity contribution is 7.18. The second kappa shape index (κ2) is 5.85. The minimum Gasteiger partial charge on any atom is -0.397 e. The van der Waals surface area contributed by atoms with Gasteiger partial charge in [-0.1, -0.05) is 0 Å². The summed E-state index contributed by atoms with van der Waals surface area (Å²) in [5.41, 5.74) is 8.04. The molecule has 5 nitrogen and oxygen atoms in total. The van der Waals surface area contributed by atoms with E-state index in [0.29, 0.717) is 28.5 Å². The molecule has 1 amide bonds. The van der Waals surface area contributed by atoms with E-state index in [1.54, 1.807) is 7.05 Å². The molecule has 2 aliphatic rings. The quantitative estimate of drug-likeness (QED) is 0.780. The molecule has 1 aliphatic carbocycles. The van der Waals surface area contributed by atoms with E-state index >= 15 is 0 Å². The van der Waals surface area contributed by atoms with Gasteiger partial charge in [0, 0.05) is 31.7 Å². The van der Waals surface area contributed by atoms with Crippen LogP contribution in [0.4, 0.5) is 10.7 Å². The Kier molecular flexibility index (Phi) is 4.08. The Labute approximate surface area is 129 Å². The number of hydrogen-bond donors (Lipinski definition) is 3. The van der Waals surface area contributed by atoms with E-state index in [2.05, 4.69) is 17.6 Å². The molecular weight excluding hydrogens is 286 g/mol. The molecule has 0 radical (unpaired) electrons. The Morgan fingerprint density at radius 1 is 1.43 bits per heavy atom. The summed E-state index contributed by atoms with van der Waals surface area (Å²) >= 11 is 1.48. The number of rotatable bonds is 5. The molecule has 2 unspecified atom stereocenters. The summed E-state index contributed by atoms with van der Waals surface area (Å²) in [6, 6.07) is 0. The van der Waals surface area contributed by atoms with Crippen molar-refractivity contribution in [2.45, 2.75) is 38.2 Å². The maximum Gasteiger partial charge on any atom is 0.263 e. The Morgan fingerprint density at radius 2 is 2.19 bits per heavy atom. The summed E-state index contributed by atoms with van der Waals surface area (Å²) in [6.45, 7) is 3.85. The van der Waals surface area contributed by atoms with E-state index in [0.717, 1.165) is 30.1 Å². The normalized spacial score (nSPS) is 25.0. The molecule has 6 heteroatoms. The first-order valence-corrected chi connectivity index (χ1v) is 8.43. The molecule has 1 aromatic rings. The number of ether oxygens (including phenoxy) is 1. The Balaban J connectivity index is 1.78. The highest BCUT2D eigenvalue weighted by Crippen LogP contribution is 2.50. The fourth-order valence-electron chi connectivity index (χ4n) is 2.92. The van der Waals surface area contributed by atoms with Gasteiger partial charge in [0.1, 0.15) is 4.88 Å². The maximum atomic E-state index is 11.9. The minimum atomic E-state index is -0.0926. The number of anilines is 2. The molecule has 1 saturated carbocycles. The van der Waals surface area contributed by atoms with Crippen LogP contribution in [0.15, 0.2) is 0 Å². The molecule has 3 rings (SSSR count). The van der Waals surface area contributed by atoms with Crippen LogP contribution in [0.2, 0.25) is 0 Å². The number of carbonyl (C=O) groups is 1. The lowest BCUT2D eigenvalue weighted by Crippen LogP contribution is -2.20. The summed E-state index contributed by atoms with van der Waals surface area (Å²) < 4.78 is 5.60. The van der Waals surface area contributed by atoms with Gasteiger partial charge in [0.25, 0.3) is 5.91 Å². The molecule has 0 aromatic carbocycles. The lowest BCUT2D eigenvalue weighted by Gasteiger charge is -2.15. The first-order valence-electron chi connectivity index (χ1n) is 7.61. The van der Waals surface area contributed by atoms with E-state index in [4.69, 9.17) is 10.5 Å². The smallest absolute Gasteiger partial charge is 0.263 e. The Morgan fingerprint density at radius 3 is 2.76 bits per heavy atom. The van der Waals surface area contributed by atoms with Crippen LogP contribution in [0.5, 0.6) is 0 Å². The first kappa shape index (κ1) is 14.7. The average Bonchev–Trinajstić information content (AvgIpc) is 3.14. The summed E-state index contributed by atoms with van der Waals surface area (Å²) in [5.74, 6) is 0.966. The van der Waals surface area contributed by atoms with Gasteiger partial charge >= 0.3 is 0 Å². The zero-order valence-electron chi connectivity index (χ0n) is 12.6. The van der Waals surface area contributed by atoms with Gasteiger partial charge < -0.3 is 21.1 Å². The molecule has 1 saturated heterocycles. The molecule has 21 heavy (non-hydrogen) atoms. The highest BCUT2D eigenvalue weighted by atomic mass is 32.1. The third-order valence-corrected chi connectivity index (χ3v) is 5.64. The molecule has 2 atom stereocenters. The van der Waals surface area contributed by atoms with Crippen molar-refractivity contribution in [1.82, 2.24) is 5.32 Å².